The fourth-order valence-corrected chi connectivity index (χ4v) is 4.28. The van der Waals surface area contributed by atoms with Gasteiger partial charge >= 0.3 is 0 Å². The highest BCUT2D eigenvalue weighted by molar-refractivity contribution is 14.0. The normalized spacial score (nSPS) is 24.2. The van der Waals surface area contributed by atoms with Crippen molar-refractivity contribution >= 4 is 29.9 Å². The van der Waals surface area contributed by atoms with E-state index in [0.717, 1.165) is 32.2 Å². The molecule has 2 heterocycles. The summed E-state index contributed by atoms with van der Waals surface area (Å²) < 4.78 is 6.07. The van der Waals surface area contributed by atoms with Crippen LogP contribution in [0.1, 0.15) is 43.9 Å². The van der Waals surface area contributed by atoms with Crippen LogP contribution in [-0.4, -0.2) is 68.2 Å². The van der Waals surface area contributed by atoms with Gasteiger partial charge in [-0.2, -0.15) is 0 Å². The topological polar surface area (TPSA) is 40.1 Å². The van der Waals surface area contributed by atoms with E-state index >= 15 is 0 Å². The Morgan fingerprint density at radius 1 is 1.25 bits per heavy atom. The first-order chi connectivity index (χ1) is 13.1. The fourth-order valence-electron chi connectivity index (χ4n) is 4.28. The molecule has 0 saturated carbocycles. The van der Waals surface area contributed by atoms with E-state index < -0.39 is 0 Å². The van der Waals surface area contributed by atoms with Crippen molar-refractivity contribution in [2.45, 2.75) is 45.8 Å². The van der Waals surface area contributed by atoms with Crippen LogP contribution < -0.4 is 5.32 Å². The molecular formula is C22H37IN4O. The molecule has 2 atom stereocenters. The number of hydrogen-bond acceptors (Lipinski definition) is 3. The van der Waals surface area contributed by atoms with Crippen molar-refractivity contribution in [3.63, 3.8) is 0 Å². The van der Waals surface area contributed by atoms with E-state index in [4.69, 9.17) is 4.74 Å². The van der Waals surface area contributed by atoms with Gasteiger partial charge in [-0.15, -0.1) is 24.0 Å². The lowest BCUT2D eigenvalue weighted by Crippen LogP contribution is -2.50. The van der Waals surface area contributed by atoms with Crippen LogP contribution in [0.25, 0.3) is 0 Å². The predicted octanol–water partition coefficient (Wildman–Crippen LogP) is 3.68. The molecule has 2 fully saturated rings. The third-order valence-electron chi connectivity index (χ3n) is 5.94. The standard InChI is InChI=1S/C22H36N4O.HI/c1-17(2)25-11-7-9-19(15-25)14-24-22(23-4)26-12-13-27-21(16-26)20-10-6-5-8-18(20)3;/h5-6,8,10,17,19,21H,7,9,11-16H2,1-4H3,(H,23,24);1H. The van der Waals surface area contributed by atoms with E-state index in [9.17, 15) is 0 Å². The fraction of sp³-hybridized carbons (Fsp3) is 0.682. The Hall–Kier alpha value is -0.860. The zero-order valence-electron chi connectivity index (χ0n) is 17.9. The summed E-state index contributed by atoms with van der Waals surface area (Å²) in [7, 11) is 1.89. The molecule has 158 valence electrons. The van der Waals surface area contributed by atoms with Crippen LogP contribution in [0, 0.1) is 12.8 Å². The van der Waals surface area contributed by atoms with Crippen LogP contribution in [0.4, 0.5) is 0 Å². The van der Waals surface area contributed by atoms with E-state index in [1.807, 2.05) is 7.05 Å². The second kappa shape index (κ2) is 11.4. The maximum Gasteiger partial charge on any atom is 0.193 e. The van der Waals surface area contributed by atoms with Crippen LogP contribution in [0.15, 0.2) is 29.3 Å². The number of nitrogens with zero attached hydrogens (tertiary/aromatic N) is 3. The van der Waals surface area contributed by atoms with Gasteiger partial charge in [-0.25, -0.2) is 0 Å². The molecular weight excluding hydrogens is 463 g/mol. The molecule has 0 amide bonds. The Balaban J connectivity index is 0.00000280. The Labute approximate surface area is 187 Å². The van der Waals surface area contributed by atoms with Crippen molar-refractivity contribution in [3.05, 3.63) is 35.4 Å². The molecule has 2 aliphatic heterocycles. The number of ether oxygens (including phenoxy) is 1. The summed E-state index contributed by atoms with van der Waals surface area (Å²) >= 11 is 0. The number of hydrogen-bond donors (Lipinski definition) is 1. The van der Waals surface area contributed by atoms with Crippen LogP contribution in [0.5, 0.6) is 0 Å². The predicted molar refractivity (Wildman–Crippen MR) is 128 cm³/mol. The number of aryl methyl sites for hydroxylation is 1. The summed E-state index contributed by atoms with van der Waals surface area (Å²) in [6.07, 6.45) is 2.72. The van der Waals surface area contributed by atoms with Gasteiger partial charge < -0.3 is 19.9 Å². The highest BCUT2D eigenvalue weighted by atomic mass is 127. The van der Waals surface area contributed by atoms with Crippen molar-refractivity contribution in [2.75, 3.05) is 46.4 Å². The van der Waals surface area contributed by atoms with Gasteiger partial charge in [0.05, 0.1) is 13.2 Å². The number of aliphatic imine (C=N–C) groups is 1. The summed E-state index contributed by atoms with van der Waals surface area (Å²) in [5.74, 6) is 1.71. The summed E-state index contributed by atoms with van der Waals surface area (Å²) in [4.78, 5) is 9.51. The van der Waals surface area contributed by atoms with E-state index in [2.05, 4.69) is 65.1 Å². The number of halogens is 1. The number of rotatable bonds is 4. The molecule has 28 heavy (non-hydrogen) atoms. The number of benzene rings is 1. The molecule has 0 bridgehead atoms. The van der Waals surface area contributed by atoms with Gasteiger partial charge in [0, 0.05) is 32.7 Å². The third-order valence-corrected chi connectivity index (χ3v) is 5.94. The van der Waals surface area contributed by atoms with Crippen molar-refractivity contribution in [3.8, 4) is 0 Å². The van der Waals surface area contributed by atoms with E-state index in [0.29, 0.717) is 12.0 Å². The Morgan fingerprint density at radius 3 is 2.75 bits per heavy atom. The van der Waals surface area contributed by atoms with E-state index in [-0.39, 0.29) is 30.1 Å². The first-order valence-corrected chi connectivity index (χ1v) is 10.4. The van der Waals surface area contributed by atoms with E-state index in [1.54, 1.807) is 0 Å². The number of guanidine groups is 1. The molecule has 1 aromatic carbocycles. The summed E-state index contributed by atoms with van der Waals surface area (Å²) in [6, 6.07) is 9.17. The summed E-state index contributed by atoms with van der Waals surface area (Å²) in [5, 5.41) is 3.65. The van der Waals surface area contributed by atoms with Gasteiger partial charge in [-0.05, 0) is 57.2 Å². The SMILES string of the molecule is CN=C(NCC1CCCN(C(C)C)C1)N1CCOC(c2ccccc2C)C1.I. The molecule has 0 aliphatic carbocycles. The molecule has 2 unspecified atom stereocenters. The van der Waals surface area contributed by atoms with Gasteiger partial charge in [0.2, 0.25) is 0 Å². The first-order valence-electron chi connectivity index (χ1n) is 10.4. The Kier molecular flexibility index (Phi) is 9.50. The first kappa shape index (κ1) is 23.4. The van der Waals surface area contributed by atoms with Crippen molar-refractivity contribution in [1.82, 2.24) is 15.1 Å². The summed E-state index contributed by atoms with van der Waals surface area (Å²) in [6.45, 7) is 12.7. The minimum atomic E-state index is 0. The molecule has 3 rings (SSSR count). The third kappa shape index (κ3) is 6.07. The number of nitrogens with one attached hydrogen (secondary N) is 1. The maximum atomic E-state index is 6.07. The zero-order chi connectivity index (χ0) is 19.2. The van der Waals surface area contributed by atoms with Crippen LogP contribution in [0.3, 0.4) is 0 Å². The lowest BCUT2D eigenvalue weighted by molar-refractivity contribution is -0.00844. The average Bonchev–Trinajstić information content (AvgIpc) is 2.69. The van der Waals surface area contributed by atoms with Crippen LogP contribution >= 0.6 is 24.0 Å². The smallest absolute Gasteiger partial charge is 0.193 e. The lowest BCUT2D eigenvalue weighted by Gasteiger charge is -2.38. The van der Waals surface area contributed by atoms with Gasteiger partial charge in [0.15, 0.2) is 5.96 Å². The van der Waals surface area contributed by atoms with Gasteiger partial charge in [-0.1, -0.05) is 24.3 Å². The highest BCUT2D eigenvalue weighted by Gasteiger charge is 2.26. The van der Waals surface area contributed by atoms with Gasteiger partial charge in [-0.3, -0.25) is 4.99 Å². The molecule has 1 aromatic rings. The van der Waals surface area contributed by atoms with Crippen LogP contribution in [0.2, 0.25) is 0 Å². The molecule has 2 aliphatic rings. The molecule has 1 N–H and O–H groups in total. The molecule has 6 heteroatoms. The van der Waals surface area contributed by atoms with Gasteiger partial charge in [0.1, 0.15) is 6.10 Å². The number of morpholine rings is 1. The summed E-state index contributed by atoms with van der Waals surface area (Å²) in [5.41, 5.74) is 2.58. The van der Waals surface area contributed by atoms with Crippen molar-refractivity contribution < 1.29 is 4.74 Å². The second-order valence-electron chi connectivity index (χ2n) is 8.19. The molecule has 0 spiro atoms. The minimum Gasteiger partial charge on any atom is -0.370 e. The van der Waals surface area contributed by atoms with E-state index in [1.165, 1.54) is 37.1 Å². The monoisotopic (exact) mass is 500 g/mol. The molecule has 0 radical (unpaired) electrons. The number of likely N-dealkylation sites (tertiary alicyclic amines) is 1. The number of piperidine rings is 1. The lowest BCUT2D eigenvalue weighted by atomic mass is 9.97. The minimum absolute atomic E-state index is 0. The molecule has 5 nitrogen and oxygen atoms in total. The second-order valence-corrected chi connectivity index (χ2v) is 8.19. The zero-order valence-corrected chi connectivity index (χ0v) is 20.2. The largest absolute Gasteiger partial charge is 0.370 e. The molecule has 0 aromatic heterocycles. The van der Waals surface area contributed by atoms with Crippen molar-refractivity contribution in [1.29, 1.82) is 0 Å². The highest BCUT2D eigenvalue weighted by Crippen LogP contribution is 2.25. The van der Waals surface area contributed by atoms with Crippen molar-refractivity contribution in [2.24, 2.45) is 10.9 Å². The Morgan fingerprint density at radius 2 is 2.04 bits per heavy atom. The van der Waals surface area contributed by atoms with Crippen LogP contribution in [-0.2, 0) is 4.74 Å². The Bertz CT molecular complexity index is 637. The average molecular weight is 500 g/mol. The maximum absolute atomic E-state index is 6.07. The van der Waals surface area contributed by atoms with Gasteiger partial charge in [0.25, 0.3) is 0 Å². The quantitative estimate of drug-likeness (QED) is 0.389. The molecule has 2 saturated heterocycles.